The lowest BCUT2D eigenvalue weighted by Crippen LogP contribution is -2.36. The van der Waals surface area contributed by atoms with Crippen LogP contribution >= 0.6 is 24.0 Å². The Morgan fingerprint density at radius 1 is 1.07 bits per heavy atom. The van der Waals surface area contributed by atoms with E-state index in [-0.39, 0.29) is 35.8 Å². The molecule has 0 heterocycles. The number of benzene rings is 2. The summed E-state index contributed by atoms with van der Waals surface area (Å²) in [6.07, 6.45) is 0. The molecule has 3 N–H and O–H groups in total. The smallest absolute Gasteiger partial charge is 0.226 e. The van der Waals surface area contributed by atoms with Crippen LogP contribution in [0.25, 0.3) is 0 Å². The summed E-state index contributed by atoms with van der Waals surface area (Å²) in [5.74, 6) is 1.55. The van der Waals surface area contributed by atoms with Crippen molar-refractivity contribution in [3.05, 3.63) is 59.2 Å². The van der Waals surface area contributed by atoms with Gasteiger partial charge in [0.1, 0.15) is 5.75 Å². The van der Waals surface area contributed by atoms with Crippen molar-refractivity contribution in [1.82, 2.24) is 10.6 Å². The van der Waals surface area contributed by atoms with Gasteiger partial charge in [-0.05, 0) is 36.2 Å². The van der Waals surface area contributed by atoms with Gasteiger partial charge >= 0.3 is 0 Å². The Balaban J connectivity index is 0.00000420. The fraction of sp³-hybridized carbons (Fsp3) is 0.364. The van der Waals surface area contributed by atoms with E-state index in [0.29, 0.717) is 19.0 Å². The quantitative estimate of drug-likeness (QED) is 0.298. The number of nitrogens with zero attached hydrogens (tertiary/aromatic N) is 1. The summed E-state index contributed by atoms with van der Waals surface area (Å²) in [6.45, 7) is 7.03. The maximum atomic E-state index is 11.7. The van der Waals surface area contributed by atoms with Crippen LogP contribution in [0.4, 0.5) is 5.69 Å². The lowest BCUT2D eigenvalue weighted by atomic mass is 10.1. The number of ether oxygens (including phenoxy) is 1. The van der Waals surface area contributed by atoms with Crippen molar-refractivity contribution in [2.24, 2.45) is 10.9 Å². The molecule has 0 aliphatic carbocycles. The van der Waals surface area contributed by atoms with Crippen LogP contribution < -0.4 is 20.7 Å². The summed E-state index contributed by atoms with van der Waals surface area (Å²) in [5, 5.41) is 9.49. The van der Waals surface area contributed by atoms with Gasteiger partial charge in [-0.3, -0.25) is 9.79 Å². The molecule has 2 rings (SSSR count). The zero-order chi connectivity index (χ0) is 20.5. The summed E-state index contributed by atoms with van der Waals surface area (Å²) in [4.78, 5) is 16.0. The van der Waals surface area contributed by atoms with Crippen LogP contribution in [-0.2, 0) is 17.9 Å². The van der Waals surface area contributed by atoms with Crippen LogP contribution in [0.3, 0.4) is 0 Å². The Morgan fingerprint density at radius 2 is 1.72 bits per heavy atom. The largest absolute Gasteiger partial charge is 0.496 e. The maximum Gasteiger partial charge on any atom is 0.226 e. The molecular formula is C22H31IN4O2. The molecule has 0 spiro atoms. The maximum absolute atomic E-state index is 11.7. The van der Waals surface area contributed by atoms with E-state index in [2.05, 4.69) is 33.1 Å². The molecule has 2 aromatic carbocycles. The van der Waals surface area contributed by atoms with E-state index in [1.807, 2.05) is 51.1 Å². The van der Waals surface area contributed by atoms with Crippen molar-refractivity contribution >= 4 is 41.5 Å². The van der Waals surface area contributed by atoms with Gasteiger partial charge in [0.05, 0.1) is 7.11 Å². The monoisotopic (exact) mass is 510 g/mol. The molecule has 6 nitrogen and oxygen atoms in total. The first-order valence-electron chi connectivity index (χ1n) is 9.40. The summed E-state index contributed by atoms with van der Waals surface area (Å²) >= 11 is 0. The van der Waals surface area contributed by atoms with E-state index in [4.69, 9.17) is 4.74 Å². The topological polar surface area (TPSA) is 74.8 Å². The number of aliphatic imine (C=N–C) groups is 1. The fourth-order valence-electron chi connectivity index (χ4n) is 2.58. The van der Waals surface area contributed by atoms with Crippen LogP contribution in [0.15, 0.2) is 47.5 Å². The molecule has 0 saturated carbocycles. The van der Waals surface area contributed by atoms with Gasteiger partial charge in [0.25, 0.3) is 0 Å². The van der Waals surface area contributed by atoms with E-state index >= 15 is 0 Å². The highest BCUT2D eigenvalue weighted by molar-refractivity contribution is 14.0. The normalized spacial score (nSPS) is 10.9. The number of carbonyl (C=O) groups excluding carboxylic acids is 1. The minimum atomic E-state index is -0.0390. The number of methoxy groups -OCH3 is 1. The van der Waals surface area contributed by atoms with Crippen LogP contribution in [0, 0.1) is 12.8 Å². The minimum absolute atomic E-state index is 0. The molecule has 0 aliphatic rings. The van der Waals surface area contributed by atoms with Gasteiger partial charge in [-0.1, -0.05) is 38.1 Å². The standard InChI is InChI=1S/C22H30N4O2.HI/c1-15(2)21(27)26-19-10-7-17(8-11-19)13-24-22(23-4)25-14-18-9-6-16(3)12-20(18)28-5;/h6-12,15H,13-14H2,1-5H3,(H,26,27)(H2,23,24,25);1H. The Morgan fingerprint density at radius 3 is 2.31 bits per heavy atom. The highest BCUT2D eigenvalue weighted by Crippen LogP contribution is 2.19. The van der Waals surface area contributed by atoms with Crippen molar-refractivity contribution in [2.45, 2.75) is 33.9 Å². The van der Waals surface area contributed by atoms with Crippen molar-refractivity contribution in [1.29, 1.82) is 0 Å². The second kappa shape index (κ2) is 12.3. The molecule has 0 aromatic heterocycles. The summed E-state index contributed by atoms with van der Waals surface area (Å²) in [5.41, 5.74) is 4.13. The molecule has 0 atom stereocenters. The lowest BCUT2D eigenvalue weighted by Gasteiger charge is -2.14. The number of anilines is 1. The van der Waals surface area contributed by atoms with Gasteiger partial charge in [-0.2, -0.15) is 0 Å². The SMILES string of the molecule is CN=C(NCc1ccc(NC(=O)C(C)C)cc1)NCc1ccc(C)cc1OC.I. The number of rotatable bonds is 7. The van der Waals surface area contributed by atoms with E-state index in [9.17, 15) is 4.79 Å². The first kappa shape index (κ1) is 24.7. The number of hydrogen-bond acceptors (Lipinski definition) is 3. The lowest BCUT2D eigenvalue weighted by molar-refractivity contribution is -0.118. The van der Waals surface area contributed by atoms with Crippen molar-refractivity contribution < 1.29 is 9.53 Å². The first-order chi connectivity index (χ1) is 13.4. The Bertz CT molecular complexity index is 820. The number of nitrogens with one attached hydrogen (secondary N) is 3. The zero-order valence-corrected chi connectivity index (χ0v) is 20.0. The van der Waals surface area contributed by atoms with Gasteiger partial charge in [0, 0.05) is 37.3 Å². The third-order valence-corrected chi connectivity index (χ3v) is 4.32. The number of halogens is 1. The summed E-state index contributed by atoms with van der Waals surface area (Å²) < 4.78 is 5.44. The van der Waals surface area contributed by atoms with Gasteiger partial charge in [0.15, 0.2) is 5.96 Å². The number of aryl methyl sites for hydroxylation is 1. The second-order valence-electron chi connectivity index (χ2n) is 6.94. The molecule has 158 valence electrons. The van der Waals surface area contributed by atoms with Crippen molar-refractivity contribution in [3.8, 4) is 5.75 Å². The average Bonchev–Trinajstić information content (AvgIpc) is 2.69. The van der Waals surface area contributed by atoms with Gasteiger partial charge < -0.3 is 20.7 Å². The van der Waals surface area contributed by atoms with Gasteiger partial charge in [-0.25, -0.2) is 0 Å². The molecule has 2 aromatic rings. The first-order valence-corrected chi connectivity index (χ1v) is 9.40. The molecule has 7 heteroatoms. The molecule has 0 bridgehead atoms. The van der Waals surface area contributed by atoms with E-state index in [0.717, 1.165) is 28.1 Å². The third kappa shape index (κ3) is 7.92. The number of guanidine groups is 1. The Kier molecular flexibility index (Phi) is 10.5. The molecule has 1 amide bonds. The zero-order valence-electron chi connectivity index (χ0n) is 17.7. The highest BCUT2D eigenvalue weighted by atomic mass is 127. The second-order valence-corrected chi connectivity index (χ2v) is 6.94. The van der Waals surface area contributed by atoms with Crippen LogP contribution in [-0.4, -0.2) is 26.0 Å². The molecular weight excluding hydrogens is 479 g/mol. The molecule has 0 aliphatic heterocycles. The molecule has 0 radical (unpaired) electrons. The minimum Gasteiger partial charge on any atom is -0.496 e. The fourth-order valence-corrected chi connectivity index (χ4v) is 2.58. The predicted molar refractivity (Wildman–Crippen MR) is 130 cm³/mol. The molecule has 0 fully saturated rings. The average molecular weight is 510 g/mol. The number of carbonyl (C=O) groups is 1. The van der Waals surface area contributed by atoms with Crippen molar-refractivity contribution in [2.75, 3.05) is 19.5 Å². The van der Waals surface area contributed by atoms with Crippen LogP contribution in [0.5, 0.6) is 5.75 Å². The predicted octanol–water partition coefficient (Wildman–Crippen LogP) is 4.08. The van der Waals surface area contributed by atoms with Gasteiger partial charge in [0.2, 0.25) is 5.91 Å². The van der Waals surface area contributed by atoms with Gasteiger partial charge in [-0.15, -0.1) is 24.0 Å². The molecule has 29 heavy (non-hydrogen) atoms. The summed E-state index contributed by atoms with van der Waals surface area (Å²) in [6, 6.07) is 13.9. The molecule has 0 unspecified atom stereocenters. The number of hydrogen-bond donors (Lipinski definition) is 3. The molecule has 0 saturated heterocycles. The number of amides is 1. The summed E-state index contributed by atoms with van der Waals surface area (Å²) in [7, 11) is 3.42. The Hall–Kier alpha value is -2.29. The van der Waals surface area contributed by atoms with E-state index in [1.165, 1.54) is 0 Å². The van der Waals surface area contributed by atoms with E-state index < -0.39 is 0 Å². The third-order valence-electron chi connectivity index (χ3n) is 4.32. The van der Waals surface area contributed by atoms with Crippen LogP contribution in [0.1, 0.15) is 30.5 Å². The van der Waals surface area contributed by atoms with Crippen LogP contribution in [0.2, 0.25) is 0 Å². The highest BCUT2D eigenvalue weighted by Gasteiger charge is 2.07. The van der Waals surface area contributed by atoms with E-state index in [1.54, 1.807) is 14.2 Å². The van der Waals surface area contributed by atoms with Crippen molar-refractivity contribution in [3.63, 3.8) is 0 Å². The Labute approximate surface area is 190 Å².